The molecule has 1 fully saturated rings. The molecule has 4 heteroatoms. The Morgan fingerprint density at radius 2 is 2.14 bits per heavy atom. The summed E-state index contributed by atoms with van der Waals surface area (Å²) in [6, 6.07) is 9.72. The number of nitrogens with one attached hydrogen (secondary N) is 1. The van der Waals surface area contributed by atoms with Gasteiger partial charge in [-0.3, -0.25) is 0 Å². The van der Waals surface area contributed by atoms with Crippen LogP contribution in [0.1, 0.15) is 28.8 Å². The topological polar surface area (TPSA) is 15.3 Å². The van der Waals surface area contributed by atoms with Gasteiger partial charge in [-0.2, -0.15) is 0 Å². The lowest BCUT2D eigenvalue weighted by atomic mass is 10.1. The molecule has 1 aromatic carbocycles. The summed E-state index contributed by atoms with van der Waals surface area (Å²) < 4.78 is 1.18. The average Bonchev–Trinajstić information content (AvgIpc) is 3.19. The molecule has 1 N–H and O–H groups in total. The molecule has 3 rings (SSSR count). The molecule has 1 heterocycles. The van der Waals surface area contributed by atoms with E-state index in [1.54, 1.807) is 11.3 Å². The van der Waals surface area contributed by atoms with E-state index in [9.17, 15) is 0 Å². The van der Waals surface area contributed by atoms with E-state index in [2.05, 4.69) is 69.8 Å². The van der Waals surface area contributed by atoms with Crippen molar-refractivity contribution in [3.05, 3.63) is 50.1 Å². The van der Waals surface area contributed by atoms with Crippen molar-refractivity contribution in [1.82, 2.24) is 5.32 Å². The van der Waals surface area contributed by atoms with Gasteiger partial charge < -0.3 is 10.2 Å². The van der Waals surface area contributed by atoms with E-state index in [0.717, 1.165) is 19.1 Å². The highest BCUT2D eigenvalue weighted by Crippen LogP contribution is 2.27. The van der Waals surface area contributed by atoms with Crippen LogP contribution in [-0.2, 0) is 13.1 Å². The Hall–Kier alpha value is -0.840. The van der Waals surface area contributed by atoms with Crippen molar-refractivity contribution in [2.45, 2.75) is 38.9 Å². The second-order valence-electron chi connectivity index (χ2n) is 5.87. The Balaban J connectivity index is 1.75. The van der Waals surface area contributed by atoms with Gasteiger partial charge in [0.2, 0.25) is 0 Å². The lowest BCUT2D eigenvalue weighted by Crippen LogP contribution is -2.21. The fraction of sp³-hybridized carbons (Fsp3) is 0.412. The van der Waals surface area contributed by atoms with Crippen molar-refractivity contribution in [2.24, 2.45) is 0 Å². The first kappa shape index (κ1) is 15.1. The summed E-state index contributed by atoms with van der Waals surface area (Å²) in [5.74, 6) is 0. The van der Waals surface area contributed by atoms with E-state index < -0.39 is 0 Å². The van der Waals surface area contributed by atoms with Crippen LogP contribution >= 0.6 is 27.3 Å². The molecule has 0 bridgehead atoms. The molecular weight excluding hydrogens is 344 g/mol. The number of hydrogen-bond acceptors (Lipinski definition) is 3. The minimum absolute atomic E-state index is 0.747. The molecule has 1 aliphatic rings. The van der Waals surface area contributed by atoms with Crippen molar-refractivity contribution in [3.63, 3.8) is 0 Å². The predicted molar refractivity (Wildman–Crippen MR) is 95.2 cm³/mol. The lowest BCUT2D eigenvalue weighted by Gasteiger charge is -2.22. The lowest BCUT2D eigenvalue weighted by molar-refractivity contribution is 0.685. The summed E-state index contributed by atoms with van der Waals surface area (Å²) >= 11 is 5.34. The number of benzene rings is 1. The standard InChI is InChI=1S/C17H21BrN2S/c1-12-3-6-17(13(7-12)9-19-15-4-5-15)20(2)10-16-8-14(18)11-21-16/h3,6-8,11,15,19H,4-5,9-10H2,1-2H3. The summed E-state index contributed by atoms with van der Waals surface area (Å²) in [6.07, 6.45) is 2.67. The van der Waals surface area contributed by atoms with Gasteiger partial charge in [0.25, 0.3) is 0 Å². The van der Waals surface area contributed by atoms with Crippen LogP contribution in [0.25, 0.3) is 0 Å². The van der Waals surface area contributed by atoms with E-state index in [4.69, 9.17) is 0 Å². The number of thiophene rings is 1. The summed E-state index contributed by atoms with van der Waals surface area (Å²) in [7, 11) is 2.18. The molecule has 112 valence electrons. The molecule has 1 aliphatic carbocycles. The molecule has 0 saturated heterocycles. The Labute approximate surface area is 139 Å². The smallest absolute Gasteiger partial charge is 0.0520 e. The number of nitrogens with zero attached hydrogens (tertiary/aromatic N) is 1. The van der Waals surface area contributed by atoms with Crippen LogP contribution in [0, 0.1) is 6.92 Å². The average molecular weight is 365 g/mol. The molecule has 0 aliphatic heterocycles. The van der Waals surface area contributed by atoms with Gasteiger partial charge in [-0.15, -0.1) is 11.3 Å². The number of hydrogen-bond donors (Lipinski definition) is 1. The molecule has 0 spiro atoms. The minimum Gasteiger partial charge on any atom is -0.369 e. The summed E-state index contributed by atoms with van der Waals surface area (Å²) in [4.78, 5) is 3.73. The van der Waals surface area contributed by atoms with Crippen LogP contribution in [0.2, 0.25) is 0 Å². The summed E-state index contributed by atoms with van der Waals surface area (Å²) in [6.45, 7) is 4.09. The van der Waals surface area contributed by atoms with Gasteiger partial charge in [0.15, 0.2) is 0 Å². The molecule has 0 atom stereocenters. The highest BCUT2D eigenvalue weighted by Gasteiger charge is 2.20. The predicted octanol–water partition coefficient (Wildman–Crippen LogP) is 4.71. The van der Waals surface area contributed by atoms with Gasteiger partial charge in [-0.05, 0) is 53.4 Å². The number of aryl methyl sites for hydroxylation is 1. The van der Waals surface area contributed by atoms with Crippen LogP contribution in [0.5, 0.6) is 0 Å². The largest absolute Gasteiger partial charge is 0.369 e. The highest BCUT2D eigenvalue weighted by molar-refractivity contribution is 9.10. The first-order valence-corrected chi connectivity index (χ1v) is 9.06. The quantitative estimate of drug-likeness (QED) is 0.798. The van der Waals surface area contributed by atoms with Crippen LogP contribution in [0.15, 0.2) is 34.1 Å². The molecule has 1 saturated carbocycles. The Morgan fingerprint density at radius 1 is 1.33 bits per heavy atom. The Kier molecular flexibility index (Phi) is 4.67. The zero-order valence-electron chi connectivity index (χ0n) is 12.5. The van der Waals surface area contributed by atoms with Gasteiger partial charge in [-0.1, -0.05) is 17.7 Å². The van der Waals surface area contributed by atoms with E-state index in [-0.39, 0.29) is 0 Å². The molecule has 0 radical (unpaired) electrons. The zero-order valence-corrected chi connectivity index (χ0v) is 14.9. The van der Waals surface area contributed by atoms with E-state index in [0.29, 0.717) is 0 Å². The number of rotatable bonds is 6. The summed E-state index contributed by atoms with van der Waals surface area (Å²) in [5.41, 5.74) is 4.07. The van der Waals surface area contributed by atoms with Crippen molar-refractivity contribution in [3.8, 4) is 0 Å². The molecular formula is C17H21BrN2S. The van der Waals surface area contributed by atoms with Gasteiger partial charge in [0.1, 0.15) is 0 Å². The number of anilines is 1. The second kappa shape index (κ2) is 6.51. The molecule has 21 heavy (non-hydrogen) atoms. The molecule has 0 amide bonds. The first-order chi connectivity index (χ1) is 10.1. The highest BCUT2D eigenvalue weighted by atomic mass is 79.9. The normalized spacial score (nSPS) is 14.4. The fourth-order valence-electron chi connectivity index (χ4n) is 2.53. The third-order valence-electron chi connectivity index (χ3n) is 3.82. The van der Waals surface area contributed by atoms with Crippen molar-refractivity contribution in [1.29, 1.82) is 0 Å². The van der Waals surface area contributed by atoms with Gasteiger partial charge in [-0.25, -0.2) is 0 Å². The molecule has 0 unspecified atom stereocenters. The van der Waals surface area contributed by atoms with Crippen molar-refractivity contribution < 1.29 is 0 Å². The van der Waals surface area contributed by atoms with E-state index >= 15 is 0 Å². The minimum atomic E-state index is 0.747. The Bertz CT molecular complexity index is 619. The third kappa shape index (κ3) is 4.09. The second-order valence-corrected chi connectivity index (χ2v) is 7.79. The molecule has 2 aromatic rings. The molecule has 1 aromatic heterocycles. The maximum Gasteiger partial charge on any atom is 0.0520 e. The maximum atomic E-state index is 3.63. The molecule has 2 nitrogen and oxygen atoms in total. The monoisotopic (exact) mass is 364 g/mol. The van der Waals surface area contributed by atoms with E-state index in [1.807, 2.05) is 0 Å². The SMILES string of the molecule is Cc1ccc(N(C)Cc2cc(Br)cs2)c(CNC2CC2)c1. The van der Waals surface area contributed by atoms with Crippen LogP contribution in [-0.4, -0.2) is 13.1 Å². The van der Waals surface area contributed by atoms with Crippen LogP contribution in [0.4, 0.5) is 5.69 Å². The zero-order chi connectivity index (χ0) is 14.8. The van der Waals surface area contributed by atoms with Crippen LogP contribution in [0.3, 0.4) is 0 Å². The van der Waals surface area contributed by atoms with Crippen molar-refractivity contribution in [2.75, 3.05) is 11.9 Å². The van der Waals surface area contributed by atoms with E-state index in [1.165, 1.54) is 39.0 Å². The fourth-order valence-corrected chi connectivity index (χ4v) is 4.03. The summed E-state index contributed by atoms with van der Waals surface area (Å²) in [5, 5.41) is 5.78. The van der Waals surface area contributed by atoms with Gasteiger partial charge >= 0.3 is 0 Å². The Morgan fingerprint density at radius 3 is 2.81 bits per heavy atom. The maximum absolute atomic E-state index is 3.63. The van der Waals surface area contributed by atoms with Gasteiger partial charge in [0.05, 0.1) is 6.54 Å². The van der Waals surface area contributed by atoms with Gasteiger partial charge in [0, 0.05) is 40.1 Å². The third-order valence-corrected chi connectivity index (χ3v) is 5.50. The number of halogens is 1. The van der Waals surface area contributed by atoms with Crippen molar-refractivity contribution >= 4 is 33.0 Å². The van der Waals surface area contributed by atoms with Crippen LogP contribution < -0.4 is 10.2 Å². The first-order valence-electron chi connectivity index (χ1n) is 7.39.